The van der Waals surface area contributed by atoms with E-state index < -0.39 is 19.6 Å². The Labute approximate surface area is 205 Å². The van der Waals surface area contributed by atoms with Gasteiger partial charge in [0.05, 0.1) is 4.92 Å². The lowest BCUT2D eigenvalue weighted by molar-refractivity contribution is -0.384. The van der Waals surface area contributed by atoms with Crippen LogP contribution in [0.15, 0.2) is 53.6 Å². The van der Waals surface area contributed by atoms with E-state index >= 15 is 0 Å². The second kappa shape index (κ2) is 13.3. The first-order valence-electron chi connectivity index (χ1n) is 11.2. The van der Waals surface area contributed by atoms with Gasteiger partial charge in [0, 0.05) is 41.3 Å². The Morgan fingerprint density at radius 2 is 1.66 bits per heavy atom. The highest BCUT2D eigenvalue weighted by molar-refractivity contribution is 6.70. The van der Waals surface area contributed by atoms with Gasteiger partial charge in [-0.25, -0.2) is 4.79 Å². The largest absolute Gasteiger partial charge is 0.520 e. The van der Waals surface area contributed by atoms with Crippen molar-refractivity contribution in [2.75, 3.05) is 13.2 Å². The third kappa shape index (κ3) is 8.28. The van der Waals surface area contributed by atoms with E-state index in [1.165, 1.54) is 24.3 Å². The predicted octanol–water partition coefficient (Wildman–Crippen LogP) is 6.67. The minimum atomic E-state index is -2.64. The van der Waals surface area contributed by atoms with E-state index in [0.29, 0.717) is 25.3 Å². The lowest BCUT2D eigenvalue weighted by atomic mass is 10.2. The minimum absolute atomic E-state index is 0.0149. The fourth-order valence-electron chi connectivity index (χ4n) is 3.42. The molecule has 0 amide bonds. The highest BCUT2D eigenvalue weighted by atomic mass is 28.4. The van der Waals surface area contributed by atoms with Crippen LogP contribution in [-0.2, 0) is 15.8 Å². The smallest absolute Gasteiger partial charge is 0.514 e. The molecule has 0 bridgehead atoms. The van der Waals surface area contributed by atoms with Crippen LogP contribution in [0, 0.1) is 10.1 Å². The van der Waals surface area contributed by atoms with Crippen molar-refractivity contribution < 1.29 is 28.0 Å². The average molecular weight is 503 g/mol. The number of azide groups is 1. The molecule has 0 aliphatic rings. The Bertz CT molecular complexity index is 1020. The summed E-state index contributed by atoms with van der Waals surface area (Å²) in [6.07, 6.45) is -0.298. The first-order chi connectivity index (χ1) is 16.7. The number of rotatable bonds is 13. The molecule has 0 atom stereocenters. The van der Waals surface area contributed by atoms with Gasteiger partial charge >= 0.3 is 14.7 Å². The molecule has 0 heterocycles. The predicted molar refractivity (Wildman–Crippen MR) is 132 cm³/mol. The van der Waals surface area contributed by atoms with E-state index in [1.54, 1.807) is 24.3 Å². The Balaban J connectivity index is 1.95. The van der Waals surface area contributed by atoms with E-state index in [4.69, 9.17) is 23.9 Å². The summed E-state index contributed by atoms with van der Waals surface area (Å²) in [7, 11) is -2.64. The molecule has 0 saturated carbocycles. The SMILES string of the molecule is CC(C)[Si](OCCCN=[N+]=[N-])(Oc1ccc(COC(=O)Oc2ccc([N+](=O)[O-])cc2)cc1)C(C)C. The van der Waals surface area contributed by atoms with Crippen molar-refractivity contribution in [3.05, 3.63) is 74.7 Å². The molecule has 35 heavy (non-hydrogen) atoms. The van der Waals surface area contributed by atoms with E-state index in [2.05, 4.69) is 37.7 Å². The van der Waals surface area contributed by atoms with Crippen LogP contribution in [0.5, 0.6) is 11.5 Å². The van der Waals surface area contributed by atoms with Gasteiger partial charge in [0.15, 0.2) is 0 Å². The molecule has 0 aromatic heterocycles. The van der Waals surface area contributed by atoms with Crippen LogP contribution in [0.4, 0.5) is 10.5 Å². The zero-order valence-electron chi connectivity index (χ0n) is 20.2. The molecule has 0 saturated heterocycles. The number of carbonyl (C=O) groups excluding carboxylic acids is 1. The molecule has 2 aromatic carbocycles. The molecule has 12 heteroatoms. The number of hydrogen-bond donors (Lipinski definition) is 0. The molecule has 0 fully saturated rings. The Hall–Kier alpha value is -3.60. The number of non-ortho nitro benzene ring substituents is 1. The summed E-state index contributed by atoms with van der Waals surface area (Å²) >= 11 is 0. The number of carbonyl (C=O) groups is 1. The zero-order valence-corrected chi connectivity index (χ0v) is 21.2. The second-order valence-electron chi connectivity index (χ2n) is 8.33. The molecule has 0 spiro atoms. The molecule has 0 aliphatic heterocycles. The maximum absolute atomic E-state index is 11.9. The van der Waals surface area contributed by atoms with Gasteiger partial charge in [-0.2, -0.15) is 0 Å². The van der Waals surface area contributed by atoms with Crippen LogP contribution in [0.25, 0.3) is 10.4 Å². The van der Waals surface area contributed by atoms with Gasteiger partial charge in [0.2, 0.25) is 0 Å². The lowest BCUT2D eigenvalue weighted by Crippen LogP contribution is -2.51. The van der Waals surface area contributed by atoms with Crippen LogP contribution in [0.2, 0.25) is 11.1 Å². The molecule has 11 nitrogen and oxygen atoms in total. The maximum atomic E-state index is 11.9. The molecule has 2 aromatic rings. The molecule has 0 aliphatic carbocycles. The van der Waals surface area contributed by atoms with E-state index in [0.717, 1.165) is 5.56 Å². The van der Waals surface area contributed by atoms with Crippen LogP contribution in [0.1, 0.15) is 39.7 Å². The number of nitro benzene ring substituents is 1. The molecule has 0 N–H and O–H groups in total. The topological polar surface area (TPSA) is 146 Å². The van der Waals surface area contributed by atoms with E-state index in [1.807, 2.05) is 0 Å². The Morgan fingerprint density at radius 3 is 2.20 bits per heavy atom. The number of nitrogens with zero attached hydrogens (tertiary/aromatic N) is 4. The van der Waals surface area contributed by atoms with Gasteiger partial charge in [-0.3, -0.25) is 10.1 Å². The van der Waals surface area contributed by atoms with Crippen LogP contribution in [-0.4, -0.2) is 32.8 Å². The summed E-state index contributed by atoms with van der Waals surface area (Å²) in [6, 6.07) is 12.3. The molecular formula is C23H30N4O7Si. The van der Waals surface area contributed by atoms with Crippen LogP contribution in [0.3, 0.4) is 0 Å². The average Bonchev–Trinajstić information content (AvgIpc) is 2.82. The fourth-order valence-corrected chi connectivity index (χ4v) is 6.92. The number of benzene rings is 2. The van der Waals surface area contributed by atoms with Crippen molar-refractivity contribution in [1.29, 1.82) is 0 Å². The summed E-state index contributed by atoms with van der Waals surface area (Å²) in [5.41, 5.74) is 9.41. The summed E-state index contributed by atoms with van der Waals surface area (Å²) in [5.74, 6) is 0.804. The van der Waals surface area contributed by atoms with Gasteiger partial charge in [-0.15, -0.1) is 0 Å². The van der Waals surface area contributed by atoms with Crippen molar-refractivity contribution in [3.8, 4) is 11.5 Å². The first kappa shape index (κ1) is 27.6. The minimum Gasteiger partial charge on any atom is -0.520 e. The summed E-state index contributed by atoms with van der Waals surface area (Å²) in [4.78, 5) is 24.8. The van der Waals surface area contributed by atoms with Crippen LogP contribution < -0.4 is 9.16 Å². The fraction of sp³-hybridized carbons (Fsp3) is 0.435. The maximum Gasteiger partial charge on any atom is 0.514 e. The normalized spacial score (nSPS) is 11.1. The number of hydrogen-bond acceptors (Lipinski definition) is 8. The summed E-state index contributed by atoms with van der Waals surface area (Å²) < 4.78 is 22.9. The number of nitro groups is 1. The van der Waals surface area contributed by atoms with Crippen molar-refractivity contribution >= 4 is 20.4 Å². The number of ether oxygens (including phenoxy) is 2. The van der Waals surface area contributed by atoms with Gasteiger partial charge in [0.1, 0.15) is 18.1 Å². The first-order valence-corrected chi connectivity index (χ1v) is 13.2. The summed E-state index contributed by atoms with van der Waals surface area (Å²) in [5, 5.41) is 14.2. The molecule has 0 unspecified atom stereocenters. The van der Waals surface area contributed by atoms with E-state index in [9.17, 15) is 14.9 Å². The molecule has 0 radical (unpaired) electrons. The monoisotopic (exact) mass is 502 g/mol. The van der Waals surface area contributed by atoms with Gasteiger partial charge in [0.25, 0.3) is 5.69 Å². The van der Waals surface area contributed by atoms with Crippen LogP contribution >= 0.6 is 0 Å². The standard InChI is InChI=1S/C23H30N4O7Si/c1-17(2)35(18(3)4,32-15-5-14-25-26-24)34-22-10-6-19(7-11-22)16-31-23(28)33-21-12-8-20(9-13-21)27(29)30/h6-13,17-18H,5,14-16H2,1-4H3. The van der Waals surface area contributed by atoms with E-state index in [-0.39, 0.29) is 29.1 Å². The molecule has 2 rings (SSSR count). The van der Waals surface area contributed by atoms with Gasteiger partial charge in [-0.1, -0.05) is 44.9 Å². The quantitative estimate of drug-likeness (QED) is 0.0342. The summed E-state index contributed by atoms with van der Waals surface area (Å²) in [6.45, 7) is 9.13. The Morgan fingerprint density at radius 1 is 1.06 bits per heavy atom. The van der Waals surface area contributed by atoms with Gasteiger partial charge in [-0.05, 0) is 41.8 Å². The Kier molecular flexibility index (Phi) is 10.5. The second-order valence-corrected chi connectivity index (χ2v) is 12.6. The third-order valence-corrected chi connectivity index (χ3v) is 9.64. The third-order valence-electron chi connectivity index (χ3n) is 5.21. The molecule has 188 valence electrons. The van der Waals surface area contributed by atoms with Gasteiger partial charge < -0.3 is 18.3 Å². The zero-order chi connectivity index (χ0) is 25.8. The van der Waals surface area contributed by atoms with Crippen molar-refractivity contribution in [2.24, 2.45) is 5.11 Å². The highest BCUT2D eigenvalue weighted by Gasteiger charge is 2.47. The van der Waals surface area contributed by atoms with Crippen molar-refractivity contribution in [1.82, 2.24) is 0 Å². The lowest BCUT2D eigenvalue weighted by Gasteiger charge is -2.37. The molecular weight excluding hydrogens is 472 g/mol. The van der Waals surface area contributed by atoms with Crippen molar-refractivity contribution in [2.45, 2.75) is 51.8 Å². The highest BCUT2D eigenvalue weighted by Crippen LogP contribution is 2.36. The van der Waals surface area contributed by atoms with Crippen molar-refractivity contribution in [3.63, 3.8) is 0 Å².